The number of rotatable bonds is 1. The molecular formula is C44H50. The fraction of sp³-hybridized carbons (Fsp3) is 0.364. The predicted octanol–water partition coefficient (Wildman–Crippen LogP) is 13.2. The first-order chi connectivity index (χ1) is 20.3. The largest absolute Gasteiger partial charge is 0.0579 e. The molecule has 0 aliphatic carbocycles. The molecule has 0 spiro atoms. The van der Waals surface area contributed by atoms with Crippen molar-refractivity contribution in [2.24, 2.45) is 0 Å². The van der Waals surface area contributed by atoms with Crippen LogP contribution in [-0.2, 0) is 21.7 Å². The molecule has 0 bridgehead atoms. The second kappa shape index (κ2) is 9.93. The molecule has 0 aromatic heterocycles. The third-order valence-electron chi connectivity index (χ3n) is 9.62. The lowest BCUT2D eigenvalue weighted by molar-refractivity contribution is 0.590. The van der Waals surface area contributed by atoms with Crippen LogP contribution in [0.4, 0.5) is 0 Å². The maximum Gasteiger partial charge on any atom is -0.00142 e. The molecule has 0 aliphatic rings. The van der Waals surface area contributed by atoms with Gasteiger partial charge in [-0.25, -0.2) is 0 Å². The van der Waals surface area contributed by atoms with Crippen LogP contribution in [0.15, 0.2) is 84.9 Å². The molecule has 0 heterocycles. The Morgan fingerprint density at radius 3 is 0.886 bits per heavy atom. The van der Waals surface area contributed by atoms with E-state index in [2.05, 4.69) is 168 Å². The molecule has 6 aromatic carbocycles. The van der Waals surface area contributed by atoms with E-state index in [1.807, 2.05) is 0 Å². The monoisotopic (exact) mass is 578 g/mol. The highest BCUT2D eigenvalue weighted by molar-refractivity contribution is 6.23. The molecule has 6 rings (SSSR count). The van der Waals surface area contributed by atoms with Gasteiger partial charge in [-0.1, -0.05) is 144 Å². The molecule has 0 aliphatic heterocycles. The van der Waals surface area contributed by atoms with Gasteiger partial charge in [0.2, 0.25) is 0 Å². The van der Waals surface area contributed by atoms with E-state index in [4.69, 9.17) is 0 Å². The molecule has 0 N–H and O–H groups in total. The van der Waals surface area contributed by atoms with E-state index >= 15 is 0 Å². The Labute approximate surface area is 265 Å². The number of benzene rings is 6. The summed E-state index contributed by atoms with van der Waals surface area (Å²) in [5, 5.41) is 10.5. The quantitative estimate of drug-likeness (QED) is 0.170. The number of fused-ring (bicyclic) bond motifs is 4. The predicted molar refractivity (Wildman–Crippen MR) is 197 cm³/mol. The highest BCUT2D eigenvalue weighted by atomic mass is 14.3. The second-order valence-electron chi connectivity index (χ2n) is 17.2. The van der Waals surface area contributed by atoms with Gasteiger partial charge in [0.1, 0.15) is 0 Å². The Hall–Kier alpha value is -3.64. The van der Waals surface area contributed by atoms with Crippen molar-refractivity contribution in [3.05, 3.63) is 107 Å². The normalized spacial score (nSPS) is 13.5. The summed E-state index contributed by atoms with van der Waals surface area (Å²) in [4.78, 5) is 0. The standard InChI is InChI=1S/C44H50/c1-41(2,3)31-17-19-35-29(23-31)21-27-13-15-33(43(7,8)9)25-37(27)39(35)40-36-20-18-32(42(4,5)6)24-30(36)22-28-14-16-34(26-38(28)40)44(10,11)12/h13-26H,1-12H3. The first kappa shape index (κ1) is 30.4. The zero-order valence-corrected chi connectivity index (χ0v) is 29.1. The van der Waals surface area contributed by atoms with E-state index in [9.17, 15) is 0 Å². The van der Waals surface area contributed by atoms with Gasteiger partial charge in [-0.05, 0) is 122 Å². The fourth-order valence-corrected chi connectivity index (χ4v) is 6.65. The lowest BCUT2D eigenvalue weighted by atomic mass is 9.79. The van der Waals surface area contributed by atoms with Crippen LogP contribution < -0.4 is 0 Å². The smallest absolute Gasteiger partial charge is 0.00142 e. The summed E-state index contributed by atoms with van der Waals surface area (Å²) in [7, 11) is 0. The van der Waals surface area contributed by atoms with E-state index in [0.29, 0.717) is 0 Å². The van der Waals surface area contributed by atoms with Crippen LogP contribution in [0.25, 0.3) is 54.2 Å². The Morgan fingerprint density at radius 2 is 0.568 bits per heavy atom. The van der Waals surface area contributed by atoms with Crippen LogP contribution in [0.2, 0.25) is 0 Å². The van der Waals surface area contributed by atoms with Crippen LogP contribution in [-0.4, -0.2) is 0 Å². The molecule has 0 heteroatoms. The van der Waals surface area contributed by atoms with E-state index < -0.39 is 0 Å². The van der Waals surface area contributed by atoms with Crippen LogP contribution in [0.3, 0.4) is 0 Å². The molecule has 0 saturated carbocycles. The molecule has 0 atom stereocenters. The average molecular weight is 579 g/mol. The van der Waals surface area contributed by atoms with Gasteiger partial charge in [0.05, 0.1) is 0 Å². The third kappa shape index (κ3) is 5.32. The van der Waals surface area contributed by atoms with Gasteiger partial charge < -0.3 is 0 Å². The van der Waals surface area contributed by atoms with Crippen molar-refractivity contribution in [2.75, 3.05) is 0 Å². The second-order valence-corrected chi connectivity index (χ2v) is 17.2. The zero-order chi connectivity index (χ0) is 32.0. The van der Waals surface area contributed by atoms with E-state index in [-0.39, 0.29) is 21.7 Å². The summed E-state index contributed by atoms with van der Waals surface area (Å²) >= 11 is 0. The van der Waals surface area contributed by atoms with E-state index in [1.165, 1.54) is 76.5 Å². The van der Waals surface area contributed by atoms with Crippen molar-refractivity contribution >= 4 is 43.1 Å². The van der Waals surface area contributed by atoms with Crippen molar-refractivity contribution in [1.82, 2.24) is 0 Å². The molecule has 0 nitrogen and oxygen atoms in total. The van der Waals surface area contributed by atoms with Crippen LogP contribution in [0.1, 0.15) is 105 Å². The highest BCUT2D eigenvalue weighted by Gasteiger charge is 2.23. The van der Waals surface area contributed by atoms with Gasteiger partial charge in [0.25, 0.3) is 0 Å². The molecule has 0 radical (unpaired) electrons. The third-order valence-corrected chi connectivity index (χ3v) is 9.62. The van der Waals surface area contributed by atoms with Crippen LogP contribution in [0, 0.1) is 0 Å². The molecule has 226 valence electrons. The zero-order valence-electron chi connectivity index (χ0n) is 29.1. The summed E-state index contributed by atoms with van der Waals surface area (Å²) < 4.78 is 0. The summed E-state index contributed by atoms with van der Waals surface area (Å²) in [6.45, 7) is 27.8. The Morgan fingerprint density at radius 1 is 0.273 bits per heavy atom. The lowest BCUT2D eigenvalue weighted by Gasteiger charge is -2.25. The maximum absolute atomic E-state index is 2.48. The minimum Gasteiger partial charge on any atom is -0.0579 e. The number of hydrogen-bond acceptors (Lipinski definition) is 0. The minimum atomic E-state index is 0.0539. The SMILES string of the molecule is CC(C)(C)c1ccc2c(-c3c4ccc(C(C)(C)C)cc4cc4ccc(C(C)(C)C)cc34)c3cc(C(C)(C)C)ccc3cc2c1. The lowest BCUT2D eigenvalue weighted by Crippen LogP contribution is -2.12. The van der Waals surface area contributed by atoms with E-state index in [1.54, 1.807) is 0 Å². The summed E-state index contributed by atoms with van der Waals surface area (Å²) in [6, 6.07) is 33.5. The molecular weight excluding hydrogens is 528 g/mol. The van der Waals surface area contributed by atoms with Gasteiger partial charge >= 0.3 is 0 Å². The van der Waals surface area contributed by atoms with Crippen molar-refractivity contribution in [3.63, 3.8) is 0 Å². The average Bonchev–Trinajstić information content (AvgIpc) is 2.91. The topological polar surface area (TPSA) is 0 Å². The van der Waals surface area contributed by atoms with Crippen molar-refractivity contribution < 1.29 is 0 Å². The van der Waals surface area contributed by atoms with Crippen molar-refractivity contribution in [3.8, 4) is 11.1 Å². The molecule has 6 aromatic rings. The Bertz CT molecular complexity index is 1920. The maximum atomic E-state index is 2.48. The van der Waals surface area contributed by atoms with Gasteiger partial charge in [0, 0.05) is 0 Å². The van der Waals surface area contributed by atoms with Crippen molar-refractivity contribution in [1.29, 1.82) is 0 Å². The van der Waals surface area contributed by atoms with Crippen LogP contribution >= 0.6 is 0 Å². The van der Waals surface area contributed by atoms with E-state index in [0.717, 1.165) is 0 Å². The Kier molecular flexibility index (Phi) is 6.86. The van der Waals surface area contributed by atoms with Gasteiger partial charge in [-0.2, -0.15) is 0 Å². The Balaban J connectivity index is 1.87. The summed E-state index contributed by atoms with van der Waals surface area (Å²) in [5.41, 5.74) is 8.45. The molecule has 0 saturated heterocycles. The van der Waals surface area contributed by atoms with Crippen molar-refractivity contribution in [2.45, 2.75) is 105 Å². The summed E-state index contributed by atoms with van der Waals surface area (Å²) in [6.07, 6.45) is 0. The minimum absolute atomic E-state index is 0.0539. The molecule has 0 fully saturated rings. The van der Waals surface area contributed by atoms with Crippen LogP contribution in [0.5, 0.6) is 0 Å². The fourth-order valence-electron chi connectivity index (χ4n) is 6.65. The first-order valence-electron chi connectivity index (χ1n) is 16.4. The van der Waals surface area contributed by atoms with Gasteiger partial charge in [-0.3, -0.25) is 0 Å². The first-order valence-corrected chi connectivity index (χ1v) is 16.4. The highest BCUT2D eigenvalue weighted by Crippen LogP contribution is 2.46. The molecule has 0 amide bonds. The van der Waals surface area contributed by atoms with Gasteiger partial charge in [0.15, 0.2) is 0 Å². The number of hydrogen-bond donors (Lipinski definition) is 0. The molecule has 44 heavy (non-hydrogen) atoms. The molecule has 0 unspecified atom stereocenters. The summed E-state index contributed by atoms with van der Waals surface area (Å²) in [5.74, 6) is 0. The van der Waals surface area contributed by atoms with Gasteiger partial charge in [-0.15, -0.1) is 0 Å².